The third-order valence-electron chi connectivity index (χ3n) is 3.51. The molecular weight excluding hydrogens is 206 g/mol. The maximum absolute atomic E-state index is 11.8. The molecule has 4 heteroatoms. The monoisotopic (exact) mass is 229 g/mol. The van der Waals surface area contributed by atoms with Crippen molar-refractivity contribution >= 4 is 5.97 Å². The lowest BCUT2D eigenvalue weighted by atomic mass is 9.64. The predicted octanol–water partition coefficient (Wildman–Crippen LogP) is 1.20. The number of hydrogen-bond acceptors (Lipinski definition) is 4. The minimum absolute atomic E-state index is 0.138. The van der Waals surface area contributed by atoms with Crippen LogP contribution in [-0.4, -0.2) is 38.9 Å². The van der Waals surface area contributed by atoms with E-state index >= 15 is 0 Å². The van der Waals surface area contributed by atoms with Crippen molar-refractivity contribution in [1.29, 1.82) is 0 Å². The Bertz CT molecular complexity index is 234. The molecule has 1 rings (SSSR count). The fraction of sp³-hybridized carbons (Fsp3) is 0.917. The van der Waals surface area contributed by atoms with Gasteiger partial charge in [0.2, 0.25) is 0 Å². The van der Waals surface area contributed by atoms with Crippen LogP contribution in [0.3, 0.4) is 0 Å². The molecule has 0 aromatic rings. The van der Waals surface area contributed by atoms with Crippen LogP contribution in [0.15, 0.2) is 0 Å². The summed E-state index contributed by atoms with van der Waals surface area (Å²) in [6.07, 6.45) is 1.75. The summed E-state index contributed by atoms with van der Waals surface area (Å²) < 4.78 is 9.85. The lowest BCUT2D eigenvalue weighted by Crippen LogP contribution is -2.62. The summed E-state index contributed by atoms with van der Waals surface area (Å²) in [5.74, 6) is 1.11. The Balaban J connectivity index is 2.50. The van der Waals surface area contributed by atoms with Gasteiger partial charge in [0, 0.05) is 13.7 Å². The van der Waals surface area contributed by atoms with Crippen LogP contribution in [0.25, 0.3) is 0 Å². The van der Waals surface area contributed by atoms with E-state index in [-0.39, 0.29) is 5.97 Å². The van der Waals surface area contributed by atoms with E-state index in [4.69, 9.17) is 9.47 Å². The van der Waals surface area contributed by atoms with Gasteiger partial charge in [-0.25, -0.2) is 0 Å². The first kappa shape index (κ1) is 13.5. The molecule has 0 aromatic heterocycles. The molecule has 16 heavy (non-hydrogen) atoms. The van der Waals surface area contributed by atoms with Crippen LogP contribution < -0.4 is 5.32 Å². The number of esters is 1. The van der Waals surface area contributed by atoms with Crippen molar-refractivity contribution in [3.05, 3.63) is 0 Å². The van der Waals surface area contributed by atoms with Gasteiger partial charge in [0.15, 0.2) is 0 Å². The van der Waals surface area contributed by atoms with Crippen molar-refractivity contribution in [3.8, 4) is 0 Å². The summed E-state index contributed by atoms with van der Waals surface area (Å²) in [4.78, 5) is 11.8. The minimum Gasteiger partial charge on any atom is -0.468 e. The summed E-state index contributed by atoms with van der Waals surface area (Å²) in [5.41, 5.74) is -0.456. The predicted molar refractivity (Wildman–Crippen MR) is 62.2 cm³/mol. The fourth-order valence-electron chi connectivity index (χ4n) is 2.28. The van der Waals surface area contributed by atoms with Crippen molar-refractivity contribution in [3.63, 3.8) is 0 Å². The topological polar surface area (TPSA) is 47.6 Å². The van der Waals surface area contributed by atoms with E-state index in [1.165, 1.54) is 7.11 Å². The molecule has 0 unspecified atom stereocenters. The van der Waals surface area contributed by atoms with E-state index < -0.39 is 5.54 Å². The van der Waals surface area contributed by atoms with Crippen LogP contribution in [0.4, 0.5) is 0 Å². The van der Waals surface area contributed by atoms with Crippen LogP contribution in [0, 0.1) is 11.8 Å². The molecular formula is C12H23NO3. The molecule has 1 fully saturated rings. The van der Waals surface area contributed by atoms with Crippen LogP contribution >= 0.6 is 0 Å². The Morgan fingerprint density at radius 2 is 2.06 bits per heavy atom. The SMILES string of the molecule is COCCNC1(C(=O)OC)CC(C(C)C)C1. The lowest BCUT2D eigenvalue weighted by molar-refractivity contribution is -0.156. The number of rotatable bonds is 6. The van der Waals surface area contributed by atoms with Crippen molar-refractivity contribution < 1.29 is 14.3 Å². The number of methoxy groups -OCH3 is 2. The zero-order valence-corrected chi connectivity index (χ0v) is 10.7. The zero-order valence-electron chi connectivity index (χ0n) is 10.7. The van der Waals surface area contributed by atoms with Crippen molar-refractivity contribution in [2.75, 3.05) is 27.4 Å². The second-order valence-corrected chi connectivity index (χ2v) is 4.91. The molecule has 0 bridgehead atoms. The summed E-state index contributed by atoms with van der Waals surface area (Å²) >= 11 is 0. The molecule has 0 aromatic carbocycles. The Kier molecular flexibility index (Phi) is 4.74. The molecule has 4 nitrogen and oxygen atoms in total. The molecule has 0 heterocycles. The van der Waals surface area contributed by atoms with E-state index in [1.807, 2.05) is 0 Å². The van der Waals surface area contributed by atoms with Crippen molar-refractivity contribution in [2.24, 2.45) is 11.8 Å². The van der Waals surface area contributed by atoms with Gasteiger partial charge in [0.05, 0.1) is 13.7 Å². The first-order chi connectivity index (χ1) is 7.55. The Hall–Kier alpha value is -0.610. The number of hydrogen-bond donors (Lipinski definition) is 1. The summed E-state index contributed by atoms with van der Waals surface area (Å²) in [6, 6.07) is 0. The highest BCUT2D eigenvalue weighted by Gasteiger charge is 2.51. The first-order valence-electron chi connectivity index (χ1n) is 5.88. The van der Waals surface area contributed by atoms with Gasteiger partial charge in [-0.3, -0.25) is 10.1 Å². The van der Waals surface area contributed by atoms with Gasteiger partial charge in [-0.2, -0.15) is 0 Å². The Labute approximate surface area is 97.7 Å². The highest BCUT2D eigenvalue weighted by molar-refractivity contribution is 5.82. The second kappa shape index (κ2) is 5.64. The van der Waals surface area contributed by atoms with E-state index in [0.29, 0.717) is 25.0 Å². The van der Waals surface area contributed by atoms with Crippen LogP contribution in [0.1, 0.15) is 26.7 Å². The van der Waals surface area contributed by atoms with Gasteiger partial charge >= 0.3 is 5.97 Å². The number of ether oxygens (including phenoxy) is 2. The zero-order chi connectivity index (χ0) is 12.2. The quantitative estimate of drug-likeness (QED) is 0.549. The maximum Gasteiger partial charge on any atom is 0.326 e. The average Bonchev–Trinajstić information content (AvgIpc) is 2.20. The molecule has 1 saturated carbocycles. The van der Waals surface area contributed by atoms with Gasteiger partial charge in [-0.05, 0) is 24.7 Å². The second-order valence-electron chi connectivity index (χ2n) is 4.91. The number of carbonyl (C=O) groups is 1. The Morgan fingerprint density at radius 1 is 1.44 bits per heavy atom. The van der Waals surface area contributed by atoms with E-state index in [9.17, 15) is 4.79 Å². The molecule has 1 N–H and O–H groups in total. The minimum atomic E-state index is -0.456. The molecule has 0 radical (unpaired) electrons. The molecule has 0 aliphatic heterocycles. The molecule has 0 spiro atoms. The van der Waals surface area contributed by atoms with Gasteiger partial charge in [0.25, 0.3) is 0 Å². The number of nitrogens with one attached hydrogen (secondary N) is 1. The third-order valence-corrected chi connectivity index (χ3v) is 3.51. The molecule has 0 saturated heterocycles. The third kappa shape index (κ3) is 2.74. The van der Waals surface area contributed by atoms with Gasteiger partial charge in [0.1, 0.15) is 5.54 Å². The first-order valence-corrected chi connectivity index (χ1v) is 5.88. The molecule has 1 aliphatic carbocycles. The van der Waals surface area contributed by atoms with Crippen molar-refractivity contribution in [2.45, 2.75) is 32.2 Å². The van der Waals surface area contributed by atoms with Gasteiger partial charge < -0.3 is 9.47 Å². The fourth-order valence-corrected chi connectivity index (χ4v) is 2.28. The summed E-state index contributed by atoms with van der Waals surface area (Å²) in [6.45, 7) is 5.70. The molecule has 1 aliphatic rings. The van der Waals surface area contributed by atoms with E-state index in [1.54, 1.807) is 7.11 Å². The van der Waals surface area contributed by atoms with Crippen LogP contribution in [0.2, 0.25) is 0 Å². The molecule has 0 atom stereocenters. The van der Waals surface area contributed by atoms with Gasteiger partial charge in [-0.15, -0.1) is 0 Å². The molecule has 94 valence electrons. The standard InChI is InChI=1S/C12H23NO3/c1-9(2)10-7-12(8-10,11(14)16-4)13-5-6-15-3/h9-10,13H,5-8H2,1-4H3. The smallest absolute Gasteiger partial charge is 0.326 e. The van der Waals surface area contributed by atoms with Crippen molar-refractivity contribution in [1.82, 2.24) is 5.32 Å². The molecule has 0 amide bonds. The van der Waals surface area contributed by atoms with Crippen LogP contribution in [0.5, 0.6) is 0 Å². The normalized spacial score (nSPS) is 28.9. The maximum atomic E-state index is 11.8. The summed E-state index contributed by atoms with van der Waals surface area (Å²) in [5, 5.41) is 3.27. The van der Waals surface area contributed by atoms with Crippen LogP contribution in [-0.2, 0) is 14.3 Å². The largest absolute Gasteiger partial charge is 0.468 e. The Morgan fingerprint density at radius 3 is 2.50 bits per heavy atom. The van der Waals surface area contributed by atoms with E-state index in [2.05, 4.69) is 19.2 Å². The highest BCUT2D eigenvalue weighted by atomic mass is 16.5. The number of carbonyl (C=O) groups excluding carboxylic acids is 1. The van der Waals surface area contributed by atoms with Gasteiger partial charge in [-0.1, -0.05) is 13.8 Å². The summed E-state index contributed by atoms with van der Waals surface area (Å²) in [7, 11) is 3.11. The highest BCUT2D eigenvalue weighted by Crippen LogP contribution is 2.42. The average molecular weight is 229 g/mol. The lowest BCUT2D eigenvalue weighted by Gasteiger charge is -2.47. The van der Waals surface area contributed by atoms with E-state index in [0.717, 1.165) is 12.8 Å².